The second-order valence-corrected chi connectivity index (χ2v) is 5.64. The summed E-state index contributed by atoms with van der Waals surface area (Å²) in [6.07, 6.45) is 2.06. The number of rotatable bonds is 2. The maximum Gasteiger partial charge on any atom is 0.0678 e. The van der Waals surface area contributed by atoms with Crippen LogP contribution in [0.15, 0.2) is 36.5 Å². The second-order valence-electron chi connectivity index (χ2n) is 5.64. The van der Waals surface area contributed by atoms with Crippen molar-refractivity contribution >= 4 is 0 Å². The summed E-state index contributed by atoms with van der Waals surface area (Å²) in [4.78, 5) is 0. The predicted molar refractivity (Wildman–Crippen MR) is 71.2 cm³/mol. The molecule has 1 aromatic heterocycles. The molecule has 1 heterocycles. The lowest BCUT2D eigenvalue weighted by atomic mass is 9.93. The first kappa shape index (κ1) is 11.9. The molecule has 0 aliphatic heterocycles. The van der Waals surface area contributed by atoms with Gasteiger partial charge in [0.15, 0.2) is 0 Å². The van der Waals surface area contributed by atoms with E-state index in [0.29, 0.717) is 0 Å². The molecule has 0 bridgehead atoms. The Hall–Kier alpha value is -1.57. The van der Waals surface area contributed by atoms with Crippen LogP contribution in [0.3, 0.4) is 0 Å². The molecule has 90 valence electrons. The van der Waals surface area contributed by atoms with Crippen LogP contribution in [0, 0.1) is 6.92 Å². The van der Waals surface area contributed by atoms with E-state index in [1.807, 2.05) is 4.68 Å². The van der Waals surface area contributed by atoms with Crippen molar-refractivity contribution in [1.29, 1.82) is 0 Å². The number of hydrogen-bond acceptors (Lipinski definition) is 1. The molecule has 0 spiro atoms. The Kier molecular flexibility index (Phi) is 3.05. The Balaban J connectivity index is 2.17. The van der Waals surface area contributed by atoms with E-state index >= 15 is 0 Å². The van der Waals surface area contributed by atoms with Crippen molar-refractivity contribution in [2.24, 2.45) is 0 Å². The quantitative estimate of drug-likeness (QED) is 0.768. The maximum atomic E-state index is 4.62. The molecule has 2 nitrogen and oxygen atoms in total. The van der Waals surface area contributed by atoms with Crippen LogP contribution in [0.5, 0.6) is 0 Å². The van der Waals surface area contributed by atoms with E-state index in [1.54, 1.807) is 0 Å². The Morgan fingerprint density at radius 2 is 1.94 bits per heavy atom. The van der Waals surface area contributed by atoms with Crippen molar-refractivity contribution in [3.05, 3.63) is 53.3 Å². The van der Waals surface area contributed by atoms with Gasteiger partial charge in [-0.3, -0.25) is 4.68 Å². The Labute approximate surface area is 103 Å². The van der Waals surface area contributed by atoms with Gasteiger partial charge in [-0.1, -0.05) is 50.6 Å². The predicted octanol–water partition coefficient (Wildman–Crippen LogP) is 3.54. The molecule has 0 aliphatic rings. The first-order valence-corrected chi connectivity index (χ1v) is 6.04. The Morgan fingerprint density at radius 3 is 2.53 bits per heavy atom. The molecule has 2 heteroatoms. The zero-order chi connectivity index (χ0) is 12.5. The SMILES string of the molecule is Cc1cccc(Cn2ccc(C(C)(C)C)n2)c1. The number of hydrogen-bond donors (Lipinski definition) is 0. The highest BCUT2D eigenvalue weighted by molar-refractivity contribution is 5.22. The summed E-state index contributed by atoms with van der Waals surface area (Å²) in [5.74, 6) is 0. The lowest BCUT2D eigenvalue weighted by Gasteiger charge is -2.14. The highest BCUT2D eigenvalue weighted by Gasteiger charge is 2.16. The smallest absolute Gasteiger partial charge is 0.0678 e. The van der Waals surface area contributed by atoms with Crippen LogP contribution < -0.4 is 0 Å². The van der Waals surface area contributed by atoms with Crippen LogP contribution in [0.4, 0.5) is 0 Å². The first-order valence-electron chi connectivity index (χ1n) is 6.04. The summed E-state index contributed by atoms with van der Waals surface area (Å²) in [5.41, 5.74) is 3.86. The summed E-state index contributed by atoms with van der Waals surface area (Å²) < 4.78 is 2.01. The average molecular weight is 228 g/mol. The van der Waals surface area contributed by atoms with E-state index in [4.69, 9.17) is 0 Å². The first-order chi connectivity index (χ1) is 7.95. The lowest BCUT2D eigenvalue weighted by Crippen LogP contribution is -2.13. The van der Waals surface area contributed by atoms with E-state index in [1.165, 1.54) is 11.1 Å². The van der Waals surface area contributed by atoms with E-state index < -0.39 is 0 Å². The van der Waals surface area contributed by atoms with E-state index in [9.17, 15) is 0 Å². The topological polar surface area (TPSA) is 17.8 Å². The van der Waals surface area contributed by atoms with Crippen LogP contribution in [0.25, 0.3) is 0 Å². The molecule has 1 aromatic carbocycles. The molecule has 0 saturated heterocycles. The highest BCUT2D eigenvalue weighted by Crippen LogP contribution is 2.19. The molecule has 2 rings (SSSR count). The normalized spacial score (nSPS) is 11.8. The molecular formula is C15H20N2. The zero-order valence-corrected chi connectivity index (χ0v) is 11.1. The van der Waals surface area contributed by atoms with Gasteiger partial charge in [-0.25, -0.2) is 0 Å². The molecule has 0 amide bonds. The van der Waals surface area contributed by atoms with Gasteiger partial charge in [0, 0.05) is 11.6 Å². The molecule has 0 saturated carbocycles. The van der Waals surface area contributed by atoms with Gasteiger partial charge < -0.3 is 0 Å². The van der Waals surface area contributed by atoms with Gasteiger partial charge in [-0.05, 0) is 18.6 Å². The Bertz CT molecular complexity index is 504. The summed E-state index contributed by atoms with van der Waals surface area (Å²) in [5, 5.41) is 4.62. The van der Waals surface area contributed by atoms with Crippen molar-refractivity contribution in [3.63, 3.8) is 0 Å². The van der Waals surface area contributed by atoms with Crippen molar-refractivity contribution in [3.8, 4) is 0 Å². The fourth-order valence-corrected chi connectivity index (χ4v) is 1.85. The van der Waals surface area contributed by atoms with Crippen molar-refractivity contribution < 1.29 is 0 Å². The third kappa shape index (κ3) is 2.96. The molecule has 0 unspecified atom stereocenters. The molecule has 0 aliphatic carbocycles. The fourth-order valence-electron chi connectivity index (χ4n) is 1.85. The Morgan fingerprint density at radius 1 is 1.18 bits per heavy atom. The fraction of sp³-hybridized carbons (Fsp3) is 0.400. The largest absolute Gasteiger partial charge is 0.268 e. The van der Waals surface area contributed by atoms with Gasteiger partial charge >= 0.3 is 0 Å². The number of nitrogens with zero attached hydrogens (tertiary/aromatic N) is 2. The molecule has 0 fully saturated rings. The van der Waals surface area contributed by atoms with Crippen molar-refractivity contribution in [2.75, 3.05) is 0 Å². The van der Waals surface area contributed by atoms with Crippen LogP contribution >= 0.6 is 0 Å². The monoisotopic (exact) mass is 228 g/mol. The van der Waals surface area contributed by atoms with Crippen LogP contribution in [0.2, 0.25) is 0 Å². The third-order valence-electron chi connectivity index (χ3n) is 2.84. The van der Waals surface area contributed by atoms with E-state index in [-0.39, 0.29) is 5.41 Å². The minimum atomic E-state index is 0.123. The molecule has 0 N–H and O–H groups in total. The minimum Gasteiger partial charge on any atom is -0.268 e. The molecule has 0 radical (unpaired) electrons. The number of aromatic nitrogens is 2. The molecular weight excluding hydrogens is 208 g/mol. The van der Waals surface area contributed by atoms with E-state index in [2.05, 4.69) is 69.3 Å². The van der Waals surface area contributed by atoms with Gasteiger partial charge in [-0.2, -0.15) is 5.10 Å². The standard InChI is InChI=1S/C15H20N2/c1-12-6-5-7-13(10-12)11-17-9-8-14(16-17)15(2,3)4/h5-10H,11H2,1-4H3. The lowest BCUT2D eigenvalue weighted by molar-refractivity contribution is 0.545. The second kappa shape index (κ2) is 4.36. The number of benzene rings is 1. The van der Waals surface area contributed by atoms with Crippen molar-refractivity contribution in [1.82, 2.24) is 9.78 Å². The molecule has 17 heavy (non-hydrogen) atoms. The summed E-state index contributed by atoms with van der Waals surface area (Å²) in [6, 6.07) is 10.7. The van der Waals surface area contributed by atoms with Crippen LogP contribution in [0.1, 0.15) is 37.6 Å². The molecule has 2 aromatic rings. The number of aryl methyl sites for hydroxylation is 1. The maximum absolute atomic E-state index is 4.62. The highest BCUT2D eigenvalue weighted by atomic mass is 15.3. The minimum absolute atomic E-state index is 0.123. The van der Waals surface area contributed by atoms with Crippen LogP contribution in [-0.4, -0.2) is 9.78 Å². The van der Waals surface area contributed by atoms with Crippen molar-refractivity contribution in [2.45, 2.75) is 39.7 Å². The molecule has 0 atom stereocenters. The summed E-state index contributed by atoms with van der Waals surface area (Å²) in [6.45, 7) is 9.52. The summed E-state index contributed by atoms with van der Waals surface area (Å²) >= 11 is 0. The van der Waals surface area contributed by atoms with Gasteiger partial charge in [-0.15, -0.1) is 0 Å². The van der Waals surface area contributed by atoms with Gasteiger partial charge in [0.25, 0.3) is 0 Å². The zero-order valence-electron chi connectivity index (χ0n) is 11.1. The van der Waals surface area contributed by atoms with Gasteiger partial charge in [0.2, 0.25) is 0 Å². The van der Waals surface area contributed by atoms with Crippen LogP contribution in [-0.2, 0) is 12.0 Å². The third-order valence-corrected chi connectivity index (χ3v) is 2.84. The van der Waals surface area contributed by atoms with E-state index in [0.717, 1.165) is 12.2 Å². The van der Waals surface area contributed by atoms with Gasteiger partial charge in [0.05, 0.1) is 12.2 Å². The summed E-state index contributed by atoms with van der Waals surface area (Å²) in [7, 11) is 0. The van der Waals surface area contributed by atoms with Gasteiger partial charge in [0.1, 0.15) is 0 Å². The average Bonchev–Trinajstić information content (AvgIpc) is 2.65.